The maximum Gasteiger partial charge on any atom is 0.319 e. The highest BCUT2D eigenvalue weighted by Gasteiger charge is 2.29. The Morgan fingerprint density at radius 3 is 2.60 bits per heavy atom. The minimum atomic E-state index is -0.260. The first-order valence-corrected chi connectivity index (χ1v) is 11.8. The van der Waals surface area contributed by atoms with Gasteiger partial charge in [0.1, 0.15) is 0 Å². The predicted octanol–water partition coefficient (Wildman–Crippen LogP) is 4.38. The Morgan fingerprint density at radius 1 is 1.03 bits per heavy atom. The number of benzene rings is 1. The van der Waals surface area contributed by atoms with E-state index in [0.717, 1.165) is 25.8 Å². The lowest BCUT2D eigenvalue weighted by molar-refractivity contribution is 0.0878. The van der Waals surface area contributed by atoms with Crippen molar-refractivity contribution in [3.8, 4) is 0 Å². The van der Waals surface area contributed by atoms with E-state index in [1.165, 1.54) is 51.6 Å². The van der Waals surface area contributed by atoms with Crippen LogP contribution in [0.15, 0.2) is 24.3 Å². The van der Waals surface area contributed by atoms with Gasteiger partial charge in [0.15, 0.2) is 0 Å². The van der Waals surface area contributed by atoms with E-state index in [4.69, 9.17) is 0 Å². The van der Waals surface area contributed by atoms with Gasteiger partial charge in [-0.1, -0.05) is 44.7 Å². The topological polar surface area (TPSA) is 73.5 Å². The van der Waals surface area contributed by atoms with Crippen molar-refractivity contribution in [2.75, 3.05) is 31.5 Å². The van der Waals surface area contributed by atoms with Gasteiger partial charge in [-0.05, 0) is 63.2 Å². The van der Waals surface area contributed by atoms with E-state index in [-0.39, 0.29) is 18.0 Å². The molecule has 2 atom stereocenters. The summed E-state index contributed by atoms with van der Waals surface area (Å²) < 4.78 is 0. The van der Waals surface area contributed by atoms with Crippen molar-refractivity contribution < 1.29 is 9.59 Å². The van der Waals surface area contributed by atoms with Crippen LogP contribution in [0.1, 0.15) is 75.1 Å². The van der Waals surface area contributed by atoms with Crippen molar-refractivity contribution in [2.24, 2.45) is 5.92 Å². The summed E-state index contributed by atoms with van der Waals surface area (Å²) in [4.78, 5) is 27.9. The first kappa shape index (κ1) is 22.6. The van der Waals surface area contributed by atoms with Crippen LogP contribution in [0.5, 0.6) is 0 Å². The zero-order valence-electron chi connectivity index (χ0n) is 18.4. The Bertz CT molecular complexity index is 688. The molecule has 0 radical (unpaired) electrons. The molecule has 0 spiro atoms. The fraction of sp³-hybridized carbons (Fsp3) is 0.667. The molecule has 1 saturated heterocycles. The van der Waals surface area contributed by atoms with Gasteiger partial charge in [-0.2, -0.15) is 0 Å². The highest BCUT2D eigenvalue weighted by molar-refractivity contribution is 6.03. The molecule has 3 rings (SSSR count). The fourth-order valence-corrected chi connectivity index (χ4v) is 4.67. The highest BCUT2D eigenvalue weighted by atomic mass is 16.2. The molecule has 6 heteroatoms. The van der Waals surface area contributed by atoms with Crippen molar-refractivity contribution >= 4 is 17.6 Å². The standard InChI is InChI=1S/C24H38N4O2/c1-2-3-15-25-24(30)27-22-14-8-6-12-20(22)23(29)26-21-13-7-5-11-19(21)18-28-16-9-4-10-17-28/h6,8,12,14,19,21H,2-5,7,9-11,13,15-18H2,1H3,(H,26,29)(H2,25,27,30)/t19-,21+/m0/s1. The van der Waals surface area contributed by atoms with Crippen LogP contribution in [0.4, 0.5) is 10.5 Å². The van der Waals surface area contributed by atoms with Crippen LogP contribution < -0.4 is 16.0 Å². The summed E-state index contributed by atoms with van der Waals surface area (Å²) in [6, 6.07) is 7.23. The Morgan fingerprint density at radius 2 is 1.80 bits per heavy atom. The van der Waals surface area contributed by atoms with E-state index in [9.17, 15) is 9.59 Å². The molecule has 1 heterocycles. The maximum absolute atomic E-state index is 13.1. The number of rotatable bonds is 8. The van der Waals surface area contributed by atoms with Crippen LogP contribution in [0.25, 0.3) is 0 Å². The lowest BCUT2D eigenvalue weighted by atomic mass is 9.83. The molecule has 1 saturated carbocycles. The average Bonchev–Trinajstić information content (AvgIpc) is 2.76. The molecule has 2 fully saturated rings. The molecule has 3 N–H and O–H groups in total. The molecule has 1 aromatic rings. The number of nitrogens with zero attached hydrogens (tertiary/aromatic N) is 1. The number of hydrogen-bond acceptors (Lipinski definition) is 3. The second kappa shape index (κ2) is 11.9. The molecule has 6 nitrogen and oxygen atoms in total. The van der Waals surface area contributed by atoms with Gasteiger partial charge < -0.3 is 20.9 Å². The summed E-state index contributed by atoms with van der Waals surface area (Å²) >= 11 is 0. The van der Waals surface area contributed by atoms with E-state index < -0.39 is 0 Å². The number of amides is 3. The largest absolute Gasteiger partial charge is 0.349 e. The summed E-state index contributed by atoms with van der Waals surface area (Å²) in [7, 11) is 0. The number of carbonyl (C=O) groups is 2. The van der Waals surface area contributed by atoms with Gasteiger partial charge in [0.05, 0.1) is 11.3 Å². The lowest BCUT2D eigenvalue weighted by Gasteiger charge is -2.37. The number of unbranched alkanes of at least 4 members (excludes halogenated alkanes) is 1. The van der Waals surface area contributed by atoms with Crippen molar-refractivity contribution in [1.29, 1.82) is 0 Å². The Balaban J connectivity index is 1.60. The smallest absolute Gasteiger partial charge is 0.319 e. The second-order valence-corrected chi connectivity index (χ2v) is 8.77. The van der Waals surface area contributed by atoms with Crippen LogP contribution in [0, 0.1) is 5.92 Å². The van der Waals surface area contributed by atoms with Crippen molar-refractivity contribution in [2.45, 2.75) is 70.8 Å². The first-order chi connectivity index (χ1) is 14.7. The molecular weight excluding hydrogens is 376 g/mol. The Kier molecular flexibility index (Phi) is 9.00. The molecule has 0 unspecified atom stereocenters. The van der Waals surface area contributed by atoms with Gasteiger partial charge in [0, 0.05) is 19.1 Å². The van der Waals surface area contributed by atoms with E-state index in [1.54, 1.807) is 12.1 Å². The summed E-state index contributed by atoms with van der Waals surface area (Å²) in [6.45, 7) is 6.19. The Labute approximate surface area is 181 Å². The molecule has 0 aromatic heterocycles. The number of anilines is 1. The molecule has 30 heavy (non-hydrogen) atoms. The third-order valence-electron chi connectivity index (χ3n) is 6.40. The lowest BCUT2D eigenvalue weighted by Crippen LogP contribution is -2.47. The molecular formula is C24H38N4O2. The van der Waals surface area contributed by atoms with Crippen molar-refractivity contribution in [3.63, 3.8) is 0 Å². The van der Waals surface area contributed by atoms with Crippen LogP contribution in [-0.4, -0.2) is 49.1 Å². The molecule has 3 amide bonds. The minimum Gasteiger partial charge on any atom is -0.349 e. The first-order valence-electron chi connectivity index (χ1n) is 11.8. The van der Waals surface area contributed by atoms with Crippen molar-refractivity contribution in [1.82, 2.24) is 15.5 Å². The number of para-hydroxylation sites is 1. The fourth-order valence-electron chi connectivity index (χ4n) is 4.67. The molecule has 0 bridgehead atoms. The van der Waals surface area contributed by atoms with E-state index in [1.807, 2.05) is 12.1 Å². The number of urea groups is 1. The van der Waals surface area contributed by atoms with Crippen LogP contribution in [0.2, 0.25) is 0 Å². The van der Waals surface area contributed by atoms with Crippen molar-refractivity contribution in [3.05, 3.63) is 29.8 Å². The quantitative estimate of drug-likeness (QED) is 0.553. The average molecular weight is 415 g/mol. The van der Waals surface area contributed by atoms with Crippen LogP contribution >= 0.6 is 0 Å². The van der Waals surface area contributed by atoms with Crippen LogP contribution in [0.3, 0.4) is 0 Å². The normalized spacial score (nSPS) is 22.3. The SMILES string of the molecule is CCCCNC(=O)Nc1ccccc1C(=O)N[C@@H]1CCCC[C@H]1CN1CCCCC1. The Hall–Kier alpha value is -2.08. The molecule has 1 aromatic carbocycles. The van der Waals surface area contributed by atoms with E-state index >= 15 is 0 Å². The number of piperidine rings is 1. The third kappa shape index (κ3) is 6.73. The third-order valence-corrected chi connectivity index (χ3v) is 6.40. The van der Waals surface area contributed by atoms with Gasteiger partial charge in [0.2, 0.25) is 0 Å². The molecule has 2 aliphatic rings. The summed E-state index contributed by atoms with van der Waals surface area (Å²) in [6.07, 6.45) is 10.5. The van der Waals surface area contributed by atoms with Gasteiger partial charge >= 0.3 is 6.03 Å². The second-order valence-electron chi connectivity index (χ2n) is 8.77. The van der Waals surface area contributed by atoms with Gasteiger partial charge in [-0.3, -0.25) is 4.79 Å². The summed E-state index contributed by atoms with van der Waals surface area (Å²) in [5, 5.41) is 8.99. The maximum atomic E-state index is 13.1. The minimum absolute atomic E-state index is 0.0880. The van der Waals surface area contributed by atoms with Crippen LogP contribution in [-0.2, 0) is 0 Å². The van der Waals surface area contributed by atoms with Gasteiger partial charge in [-0.25, -0.2) is 4.79 Å². The highest BCUT2D eigenvalue weighted by Crippen LogP contribution is 2.27. The number of nitrogens with one attached hydrogen (secondary N) is 3. The summed E-state index contributed by atoms with van der Waals surface area (Å²) in [5.74, 6) is 0.424. The number of likely N-dealkylation sites (tertiary alicyclic amines) is 1. The molecule has 166 valence electrons. The monoisotopic (exact) mass is 414 g/mol. The molecule has 1 aliphatic carbocycles. The van der Waals surface area contributed by atoms with E-state index in [0.29, 0.717) is 23.7 Å². The van der Waals surface area contributed by atoms with Gasteiger partial charge in [0.25, 0.3) is 5.91 Å². The zero-order chi connectivity index (χ0) is 21.2. The van der Waals surface area contributed by atoms with E-state index in [2.05, 4.69) is 27.8 Å². The number of carbonyl (C=O) groups excluding carboxylic acids is 2. The predicted molar refractivity (Wildman–Crippen MR) is 122 cm³/mol. The molecule has 1 aliphatic heterocycles. The zero-order valence-corrected chi connectivity index (χ0v) is 18.4. The number of hydrogen-bond donors (Lipinski definition) is 3. The van der Waals surface area contributed by atoms with Gasteiger partial charge in [-0.15, -0.1) is 0 Å². The summed E-state index contributed by atoms with van der Waals surface area (Å²) in [5.41, 5.74) is 1.10.